The first-order chi connectivity index (χ1) is 14.9. The number of carbonyl (C=O) groups excluding carboxylic acids is 2. The van der Waals surface area contributed by atoms with E-state index in [0.717, 1.165) is 17.8 Å². The molecule has 2 heterocycles. The number of hydrogen-bond acceptors (Lipinski definition) is 7. The van der Waals surface area contributed by atoms with Crippen molar-refractivity contribution in [3.63, 3.8) is 0 Å². The van der Waals surface area contributed by atoms with E-state index in [0.29, 0.717) is 56.5 Å². The maximum atomic E-state index is 12.8. The first-order valence-corrected chi connectivity index (χ1v) is 10.9. The fourth-order valence-corrected chi connectivity index (χ4v) is 4.06. The third kappa shape index (κ3) is 4.62. The first-order valence-electron chi connectivity index (χ1n) is 10.9. The van der Waals surface area contributed by atoms with Gasteiger partial charge in [-0.25, -0.2) is 9.78 Å². The van der Waals surface area contributed by atoms with Crippen LogP contribution in [0.15, 0.2) is 24.3 Å². The summed E-state index contributed by atoms with van der Waals surface area (Å²) in [5.74, 6) is 1.50. The predicted octanol–water partition coefficient (Wildman–Crippen LogP) is 3.57. The average Bonchev–Trinajstić information content (AvgIpc) is 2.75. The van der Waals surface area contributed by atoms with Gasteiger partial charge in [0.15, 0.2) is 5.78 Å². The first kappa shape index (κ1) is 21.1. The lowest BCUT2D eigenvalue weighted by molar-refractivity contribution is 0.0951. The fraction of sp³-hybridized carbons (Fsp3) is 0.478. The van der Waals surface area contributed by atoms with Crippen LogP contribution in [0.3, 0.4) is 0 Å². The summed E-state index contributed by atoms with van der Waals surface area (Å²) in [5.41, 5.74) is 3.46. The highest BCUT2D eigenvalue weighted by Gasteiger charge is 2.30. The van der Waals surface area contributed by atoms with Gasteiger partial charge in [0.25, 0.3) is 0 Å². The number of amides is 1. The SMILES string of the molecule is CCOC(=O)N1CCN(c2nc3c(c(Nc4ccc(C)cc4)n2)C(=O)CC(C)C3)CC1. The van der Waals surface area contributed by atoms with Gasteiger partial charge in [-0.1, -0.05) is 24.6 Å². The number of Topliss-reactive ketones (excluding diaryl/α,β-unsaturated/α-hetero) is 1. The lowest BCUT2D eigenvalue weighted by Gasteiger charge is -2.34. The molecule has 0 radical (unpaired) electrons. The van der Waals surface area contributed by atoms with Crippen molar-refractivity contribution in [2.24, 2.45) is 5.92 Å². The number of anilines is 3. The van der Waals surface area contributed by atoms with Crippen LogP contribution in [-0.2, 0) is 11.2 Å². The Labute approximate surface area is 182 Å². The number of aryl methyl sites for hydroxylation is 1. The van der Waals surface area contributed by atoms with Crippen molar-refractivity contribution in [1.29, 1.82) is 0 Å². The van der Waals surface area contributed by atoms with Gasteiger partial charge in [-0.05, 0) is 38.3 Å². The van der Waals surface area contributed by atoms with Gasteiger partial charge >= 0.3 is 6.09 Å². The minimum atomic E-state index is -0.283. The highest BCUT2D eigenvalue weighted by Crippen LogP contribution is 2.32. The van der Waals surface area contributed by atoms with E-state index < -0.39 is 0 Å². The number of benzene rings is 1. The molecule has 1 fully saturated rings. The van der Waals surface area contributed by atoms with Crippen LogP contribution in [0.4, 0.5) is 22.2 Å². The lowest BCUT2D eigenvalue weighted by atomic mass is 9.87. The van der Waals surface area contributed by atoms with E-state index >= 15 is 0 Å². The number of ether oxygens (including phenoxy) is 1. The maximum Gasteiger partial charge on any atom is 0.409 e. The van der Waals surface area contributed by atoms with E-state index in [-0.39, 0.29) is 17.8 Å². The number of nitrogens with zero attached hydrogens (tertiary/aromatic N) is 4. The van der Waals surface area contributed by atoms with Crippen molar-refractivity contribution in [2.45, 2.75) is 33.6 Å². The number of fused-ring (bicyclic) bond motifs is 1. The van der Waals surface area contributed by atoms with E-state index in [1.54, 1.807) is 11.8 Å². The number of rotatable bonds is 4. The summed E-state index contributed by atoms with van der Waals surface area (Å²) >= 11 is 0. The van der Waals surface area contributed by atoms with Crippen LogP contribution >= 0.6 is 0 Å². The molecule has 1 N–H and O–H groups in total. The van der Waals surface area contributed by atoms with Crippen molar-refractivity contribution < 1.29 is 14.3 Å². The van der Waals surface area contributed by atoms with Crippen LogP contribution in [0.25, 0.3) is 0 Å². The summed E-state index contributed by atoms with van der Waals surface area (Å²) in [6.45, 7) is 8.62. The zero-order chi connectivity index (χ0) is 22.0. The van der Waals surface area contributed by atoms with Crippen LogP contribution in [0, 0.1) is 12.8 Å². The lowest BCUT2D eigenvalue weighted by Crippen LogP contribution is -2.49. The minimum absolute atomic E-state index is 0.0852. The zero-order valence-electron chi connectivity index (χ0n) is 18.4. The molecule has 1 saturated heterocycles. The van der Waals surface area contributed by atoms with Gasteiger partial charge in [0.1, 0.15) is 5.82 Å². The second-order valence-electron chi connectivity index (χ2n) is 8.29. The maximum absolute atomic E-state index is 12.8. The average molecular weight is 424 g/mol. The molecule has 8 nitrogen and oxygen atoms in total. The molecular weight excluding hydrogens is 394 g/mol. The van der Waals surface area contributed by atoms with E-state index in [2.05, 4.69) is 17.1 Å². The van der Waals surface area contributed by atoms with Gasteiger partial charge in [-0.2, -0.15) is 4.98 Å². The molecule has 1 aliphatic carbocycles. The molecule has 1 aliphatic heterocycles. The third-order valence-electron chi connectivity index (χ3n) is 5.73. The van der Waals surface area contributed by atoms with Crippen molar-refractivity contribution in [3.8, 4) is 0 Å². The standard InChI is InChI=1S/C23H29N5O3/c1-4-31-23(30)28-11-9-27(10-12-28)22-25-18-13-16(3)14-19(29)20(18)21(26-22)24-17-7-5-15(2)6-8-17/h5-8,16H,4,9-14H2,1-3H3,(H,24,25,26). The Morgan fingerprint density at radius 2 is 1.84 bits per heavy atom. The summed E-state index contributed by atoms with van der Waals surface area (Å²) in [7, 11) is 0. The van der Waals surface area contributed by atoms with E-state index in [4.69, 9.17) is 14.7 Å². The largest absolute Gasteiger partial charge is 0.450 e. The Balaban J connectivity index is 1.62. The second kappa shape index (κ2) is 8.91. The summed E-state index contributed by atoms with van der Waals surface area (Å²) in [6, 6.07) is 8.01. The fourth-order valence-electron chi connectivity index (χ4n) is 4.06. The smallest absolute Gasteiger partial charge is 0.409 e. The Bertz CT molecular complexity index is 968. The molecule has 0 bridgehead atoms. The van der Waals surface area contributed by atoms with Gasteiger partial charge in [-0.15, -0.1) is 0 Å². The van der Waals surface area contributed by atoms with Crippen molar-refractivity contribution in [3.05, 3.63) is 41.1 Å². The molecule has 1 amide bonds. The topological polar surface area (TPSA) is 87.7 Å². The van der Waals surface area contributed by atoms with Gasteiger partial charge in [-0.3, -0.25) is 4.79 Å². The molecule has 2 aromatic rings. The molecule has 31 heavy (non-hydrogen) atoms. The highest BCUT2D eigenvalue weighted by molar-refractivity contribution is 6.03. The molecule has 0 saturated carbocycles. The molecule has 1 aromatic carbocycles. The van der Waals surface area contributed by atoms with Crippen molar-refractivity contribution in [2.75, 3.05) is 43.0 Å². The number of carbonyl (C=O) groups is 2. The monoisotopic (exact) mass is 423 g/mol. The van der Waals surface area contributed by atoms with E-state index in [1.165, 1.54) is 5.56 Å². The van der Waals surface area contributed by atoms with Crippen LogP contribution < -0.4 is 10.2 Å². The van der Waals surface area contributed by atoms with E-state index in [1.807, 2.05) is 31.2 Å². The summed E-state index contributed by atoms with van der Waals surface area (Å²) in [4.78, 5) is 38.1. The number of piperazine rings is 1. The predicted molar refractivity (Wildman–Crippen MR) is 119 cm³/mol. The summed E-state index contributed by atoms with van der Waals surface area (Å²) in [6.07, 6.45) is 0.980. The third-order valence-corrected chi connectivity index (χ3v) is 5.73. The Kier molecular flexibility index (Phi) is 6.06. The number of ketones is 1. The summed E-state index contributed by atoms with van der Waals surface area (Å²) in [5, 5.41) is 3.34. The summed E-state index contributed by atoms with van der Waals surface area (Å²) < 4.78 is 5.10. The number of hydrogen-bond donors (Lipinski definition) is 1. The Morgan fingerprint density at radius 1 is 1.13 bits per heavy atom. The van der Waals surface area contributed by atoms with Crippen LogP contribution in [0.2, 0.25) is 0 Å². The quantitative estimate of drug-likeness (QED) is 0.804. The number of aromatic nitrogens is 2. The number of nitrogens with one attached hydrogen (secondary N) is 1. The molecule has 1 atom stereocenters. The Hall–Kier alpha value is -3.16. The molecule has 1 unspecified atom stereocenters. The molecule has 4 rings (SSSR count). The van der Waals surface area contributed by atoms with Crippen LogP contribution in [0.5, 0.6) is 0 Å². The molecular formula is C23H29N5O3. The van der Waals surface area contributed by atoms with Gasteiger partial charge < -0.3 is 19.9 Å². The Morgan fingerprint density at radius 3 is 2.52 bits per heavy atom. The normalized spacial score (nSPS) is 18.5. The highest BCUT2D eigenvalue weighted by atomic mass is 16.6. The van der Waals surface area contributed by atoms with Crippen LogP contribution in [-0.4, -0.2) is 59.5 Å². The zero-order valence-corrected chi connectivity index (χ0v) is 18.4. The van der Waals surface area contributed by atoms with Gasteiger partial charge in [0.05, 0.1) is 17.9 Å². The van der Waals surface area contributed by atoms with Gasteiger partial charge in [0, 0.05) is 38.3 Å². The molecule has 8 heteroatoms. The molecule has 1 aromatic heterocycles. The van der Waals surface area contributed by atoms with Crippen molar-refractivity contribution >= 4 is 29.3 Å². The van der Waals surface area contributed by atoms with E-state index in [9.17, 15) is 9.59 Å². The minimum Gasteiger partial charge on any atom is -0.450 e. The molecule has 164 valence electrons. The van der Waals surface area contributed by atoms with Gasteiger partial charge in [0.2, 0.25) is 5.95 Å². The van der Waals surface area contributed by atoms with Crippen molar-refractivity contribution in [1.82, 2.24) is 14.9 Å². The molecule has 2 aliphatic rings. The molecule has 0 spiro atoms. The second-order valence-corrected chi connectivity index (χ2v) is 8.29. The van der Waals surface area contributed by atoms with Crippen LogP contribution in [0.1, 0.15) is 41.9 Å².